The zero-order chi connectivity index (χ0) is 12.7. The van der Waals surface area contributed by atoms with E-state index < -0.39 is 0 Å². The van der Waals surface area contributed by atoms with Crippen molar-refractivity contribution < 1.29 is 0 Å². The molecule has 2 aromatic rings. The molecule has 90 valence electrons. The lowest BCUT2D eigenvalue weighted by Gasteiger charge is -1.97. The maximum absolute atomic E-state index is 5.66. The van der Waals surface area contributed by atoms with E-state index in [4.69, 9.17) is 17.3 Å². The predicted octanol–water partition coefficient (Wildman–Crippen LogP) is 4.48. The Morgan fingerprint density at radius 2 is 1.71 bits per heavy atom. The second-order valence-corrected chi connectivity index (χ2v) is 4.28. The fraction of sp³-hybridized carbons (Fsp3) is 0.200. The van der Waals surface area contributed by atoms with Crippen molar-refractivity contribution in [2.75, 3.05) is 5.73 Å². The van der Waals surface area contributed by atoms with E-state index in [0.717, 1.165) is 22.7 Å². The van der Waals surface area contributed by atoms with Crippen LogP contribution in [0.1, 0.15) is 18.1 Å². The molecular formula is C15H18ClN. The zero-order valence-corrected chi connectivity index (χ0v) is 11.0. The number of nitrogen functional groups attached to an aromatic ring is 1. The van der Waals surface area contributed by atoms with Gasteiger partial charge in [-0.3, -0.25) is 0 Å². The van der Waals surface area contributed by atoms with E-state index in [1.807, 2.05) is 19.1 Å². The maximum atomic E-state index is 5.66. The lowest BCUT2D eigenvalue weighted by molar-refractivity contribution is 1.14. The van der Waals surface area contributed by atoms with Crippen molar-refractivity contribution in [3.8, 4) is 0 Å². The van der Waals surface area contributed by atoms with Gasteiger partial charge in [-0.15, -0.1) is 0 Å². The molecule has 0 fully saturated rings. The second-order valence-electron chi connectivity index (χ2n) is 3.84. The van der Waals surface area contributed by atoms with Crippen LogP contribution in [0.4, 0.5) is 5.69 Å². The first-order valence-corrected chi connectivity index (χ1v) is 6.06. The molecular weight excluding hydrogens is 230 g/mol. The molecule has 1 nitrogen and oxygen atoms in total. The number of hydrogen-bond donors (Lipinski definition) is 1. The van der Waals surface area contributed by atoms with Crippen LogP contribution in [0.3, 0.4) is 0 Å². The Balaban J connectivity index is 0.000000171. The van der Waals surface area contributed by atoms with Gasteiger partial charge < -0.3 is 5.73 Å². The minimum Gasteiger partial charge on any atom is -0.399 e. The van der Waals surface area contributed by atoms with Crippen molar-refractivity contribution in [3.05, 3.63) is 64.7 Å². The van der Waals surface area contributed by atoms with E-state index in [0.29, 0.717) is 0 Å². The summed E-state index contributed by atoms with van der Waals surface area (Å²) >= 11 is 5.66. The predicted molar refractivity (Wildman–Crippen MR) is 76.4 cm³/mol. The summed E-state index contributed by atoms with van der Waals surface area (Å²) in [6.45, 7) is 4.09. The normalized spacial score (nSPS) is 9.35. The molecule has 0 aliphatic carbocycles. The molecule has 0 spiro atoms. The molecule has 0 aromatic heterocycles. The molecule has 2 aromatic carbocycles. The van der Waals surface area contributed by atoms with Crippen LogP contribution in [0.25, 0.3) is 0 Å². The molecule has 0 saturated heterocycles. The molecule has 0 bridgehead atoms. The Morgan fingerprint density at radius 1 is 1.06 bits per heavy atom. The summed E-state index contributed by atoms with van der Waals surface area (Å²) in [5.41, 5.74) is 8.76. The molecule has 0 aliphatic heterocycles. The molecule has 0 aliphatic rings. The van der Waals surface area contributed by atoms with Crippen molar-refractivity contribution >= 4 is 17.3 Å². The Labute approximate surface area is 108 Å². The van der Waals surface area contributed by atoms with Gasteiger partial charge in [-0.25, -0.2) is 0 Å². The first-order valence-electron chi connectivity index (χ1n) is 5.69. The summed E-state index contributed by atoms with van der Waals surface area (Å²) in [6, 6.07) is 15.9. The molecule has 0 atom stereocenters. The molecule has 0 amide bonds. The minimum atomic E-state index is 0.738. The van der Waals surface area contributed by atoms with E-state index in [9.17, 15) is 0 Å². The number of nitrogens with two attached hydrogens (primary N) is 1. The lowest BCUT2D eigenvalue weighted by atomic mass is 10.2. The Morgan fingerprint density at radius 3 is 2.12 bits per heavy atom. The summed E-state index contributed by atoms with van der Waals surface area (Å²) in [5, 5.41) is 0.738. The summed E-state index contributed by atoms with van der Waals surface area (Å²) in [7, 11) is 0. The quantitative estimate of drug-likeness (QED) is 0.739. The Kier molecular flexibility index (Phi) is 5.58. The molecule has 0 unspecified atom stereocenters. The van der Waals surface area contributed by atoms with Crippen LogP contribution in [-0.4, -0.2) is 0 Å². The van der Waals surface area contributed by atoms with E-state index in [2.05, 4.69) is 31.2 Å². The average Bonchev–Trinajstić information content (AvgIpc) is 2.36. The highest BCUT2D eigenvalue weighted by Gasteiger charge is 1.91. The van der Waals surface area contributed by atoms with Gasteiger partial charge in [0, 0.05) is 10.7 Å². The summed E-state index contributed by atoms with van der Waals surface area (Å²) in [4.78, 5) is 0. The molecule has 0 heterocycles. The topological polar surface area (TPSA) is 26.0 Å². The van der Waals surface area contributed by atoms with Crippen molar-refractivity contribution in [2.45, 2.75) is 20.3 Å². The SMILES string of the molecule is CCc1ccccc1.Cc1cc(Cl)ccc1N. The number of rotatable bonds is 1. The minimum absolute atomic E-state index is 0.738. The molecule has 0 radical (unpaired) electrons. The van der Waals surface area contributed by atoms with Crippen LogP contribution in [-0.2, 0) is 6.42 Å². The molecule has 2 N–H and O–H groups in total. The van der Waals surface area contributed by atoms with Crippen LogP contribution in [0.15, 0.2) is 48.5 Å². The second kappa shape index (κ2) is 6.97. The van der Waals surface area contributed by atoms with Crippen molar-refractivity contribution in [1.82, 2.24) is 0 Å². The summed E-state index contributed by atoms with van der Waals surface area (Å²) in [5.74, 6) is 0. The third kappa shape index (κ3) is 4.92. The standard InChI is InChI=1S/C8H10.C7H8ClN/c1-2-8-6-4-3-5-7-8;1-5-4-6(8)2-3-7(5)9/h3-7H,2H2,1H3;2-4H,9H2,1H3. The smallest absolute Gasteiger partial charge is 0.0410 e. The van der Waals surface area contributed by atoms with Crippen LogP contribution in [0, 0.1) is 6.92 Å². The first kappa shape index (κ1) is 13.6. The van der Waals surface area contributed by atoms with Crippen LogP contribution in [0.5, 0.6) is 0 Å². The highest BCUT2D eigenvalue weighted by Crippen LogP contribution is 2.15. The van der Waals surface area contributed by atoms with Gasteiger partial charge in [0.15, 0.2) is 0 Å². The van der Waals surface area contributed by atoms with Gasteiger partial charge in [-0.1, -0.05) is 48.9 Å². The number of halogens is 1. The number of anilines is 1. The largest absolute Gasteiger partial charge is 0.399 e. The van der Waals surface area contributed by atoms with Gasteiger partial charge in [0.25, 0.3) is 0 Å². The van der Waals surface area contributed by atoms with Crippen LogP contribution >= 0.6 is 11.6 Å². The summed E-state index contributed by atoms with van der Waals surface area (Å²) < 4.78 is 0. The molecule has 17 heavy (non-hydrogen) atoms. The van der Waals surface area contributed by atoms with Crippen LogP contribution < -0.4 is 5.73 Å². The third-order valence-corrected chi connectivity index (χ3v) is 2.72. The fourth-order valence-electron chi connectivity index (χ4n) is 1.35. The third-order valence-electron chi connectivity index (χ3n) is 2.48. The zero-order valence-electron chi connectivity index (χ0n) is 10.3. The maximum Gasteiger partial charge on any atom is 0.0410 e. The Bertz CT molecular complexity index is 452. The first-order chi connectivity index (χ1) is 8.13. The van der Waals surface area contributed by atoms with Gasteiger partial charge >= 0.3 is 0 Å². The van der Waals surface area contributed by atoms with Gasteiger partial charge in [-0.05, 0) is 42.7 Å². The number of benzene rings is 2. The van der Waals surface area contributed by atoms with E-state index >= 15 is 0 Å². The van der Waals surface area contributed by atoms with Crippen molar-refractivity contribution in [3.63, 3.8) is 0 Å². The highest BCUT2D eigenvalue weighted by molar-refractivity contribution is 6.30. The van der Waals surface area contributed by atoms with Crippen LogP contribution in [0.2, 0.25) is 5.02 Å². The average molecular weight is 248 g/mol. The van der Waals surface area contributed by atoms with E-state index in [-0.39, 0.29) is 0 Å². The van der Waals surface area contributed by atoms with Crippen molar-refractivity contribution in [1.29, 1.82) is 0 Å². The number of hydrogen-bond acceptors (Lipinski definition) is 1. The van der Waals surface area contributed by atoms with Gasteiger partial charge in [-0.2, -0.15) is 0 Å². The Hall–Kier alpha value is -1.47. The van der Waals surface area contributed by atoms with Crippen molar-refractivity contribution in [2.24, 2.45) is 0 Å². The van der Waals surface area contributed by atoms with Gasteiger partial charge in [0.2, 0.25) is 0 Å². The molecule has 2 heteroatoms. The van der Waals surface area contributed by atoms with E-state index in [1.54, 1.807) is 12.1 Å². The monoisotopic (exact) mass is 247 g/mol. The molecule has 2 rings (SSSR count). The van der Waals surface area contributed by atoms with Gasteiger partial charge in [0.1, 0.15) is 0 Å². The van der Waals surface area contributed by atoms with E-state index in [1.165, 1.54) is 5.56 Å². The molecule has 0 saturated carbocycles. The van der Waals surface area contributed by atoms with Gasteiger partial charge in [0.05, 0.1) is 0 Å². The lowest BCUT2D eigenvalue weighted by Crippen LogP contribution is -1.87. The number of aryl methyl sites for hydroxylation is 2. The highest BCUT2D eigenvalue weighted by atomic mass is 35.5. The fourth-order valence-corrected chi connectivity index (χ4v) is 1.58. The summed E-state index contributed by atoms with van der Waals surface area (Å²) in [6.07, 6.45) is 1.14.